The van der Waals surface area contributed by atoms with Crippen molar-refractivity contribution in [3.8, 4) is 0 Å². The van der Waals surface area contributed by atoms with Gasteiger partial charge in [-0.25, -0.2) is 9.59 Å². The highest BCUT2D eigenvalue weighted by molar-refractivity contribution is 5.74. The van der Waals surface area contributed by atoms with Gasteiger partial charge < -0.3 is 25.2 Å². The van der Waals surface area contributed by atoms with Gasteiger partial charge in [0.25, 0.3) is 0 Å². The Morgan fingerprint density at radius 1 is 1.33 bits per heavy atom. The minimum atomic E-state index is -0.934. The summed E-state index contributed by atoms with van der Waals surface area (Å²) in [7, 11) is 1.68. The van der Waals surface area contributed by atoms with Crippen molar-refractivity contribution >= 4 is 12.0 Å². The number of urea groups is 1. The van der Waals surface area contributed by atoms with Gasteiger partial charge in [0, 0.05) is 26.8 Å². The van der Waals surface area contributed by atoms with Crippen LogP contribution in [0.4, 0.5) is 4.79 Å². The van der Waals surface area contributed by atoms with Crippen molar-refractivity contribution in [3.05, 3.63) is 0 Å². The third-order valence-electron chi connectivity index (χ3n) is 4.29. The largest absolute Gasteiger partial charge is 0.479 e. The van der Waals surface area contributed by atoms with Crippen LogP contribution in [0.2, 0.25) is 0 Å². The number of ether oxygens (including phenoxy) is 2. The number of methoxy groups -OCH3 is 1. The SMILES string of the molecule is COCCC1(CNC(=O)NCC2CCC(C(=O)O)O2)CC1. The second-order valence-corrected chi connectivity index (χ2v) is 5.97. The van der Waals surface area contributed by atoms with Gasteiger partial charge in [-0.15, -0.1) is 0 Å². The first-order valence-electron chi connectivity index (χ1n) is 7.43. The van der Waals surface area contributed by atoms with Crippen molar-refractivity contribution in [2.24, 2.45) is 5.41 Å². The molecule has 2 aliphatic rings. The Morgan fingerprint density at radius 2 is 2.10 bits per heavy atom. The summed E-state index contributed by atoms with van der Waals surface area (Å²) in [6, 6.07) is -0.221. The molecule has 21 heavy (non-hydrogen) atoms. The van der Waals surface area contributed by atoms with Gasteiger partial charge in [0.05, 0.1) is 6.10 Å². The first-order valence-corrected chi connectivity index (χ1v) is 7.43. The number of nitrogens with one attached hydrogen (secondary N) is 2. The lowest BCUT2D eigenvalue weighted by atomic mass is 10.0. The summed E-state index contributed by atoms with van der Waals surface area (Å²) in [6.07, 6.45) is 3.45. The Morgan fingerprint density at radius 3 is 2.67 bits per heavy atom. The number of hydrogen-bond donors (Lipinski definition) is 3. The van der Waals surface area contributed by atoms with E-state index in [1.165, 1.54) is 0 Å². The zero-order valence-corrected chi connectivity index (χ0v) is 12.4. The minimum absolute atomic E-state index is 0.208. The maximum Gasteiger partial charge on any atom is 0.332 e. The highest BCUT2D eigenvalue weighted by Gasteiger charge is 2.42. The van der Waals surface area contributed by atoms with Gasteiger partial charge in [-0.1, -0.05) is 0 Å². The Labute approximate surface area is 124 Å². The maximum absolute atomic E-state index is 11.7. The fourth-order valence-corrected chi connectivity index (χ4v) is 2.58. The van der Waals surface area contributed by atoms with Crippen molar-refractivity contribution in [1.29, 1.82) is 0 Å². The third-order valence-corrected chi connectivity index (χ3v) is 4.29. The third kappa shape index (κ3) is 4.86. The van der Waals surface area contributed by atoms with Crippen LogP contribution in [0.5, 0.6) is 0 Å². The van der Waals surface area contributed by atoms with Crippen LogP contribution in [0, 0.1) is 5.41 Å². The fourth-order valence-electron chi connectivity index (χ4n) is 2.58. The molecule has 0 radical (unpaired) electrons. The van der Waals surface area contributed by atoms with E-state index in [0.717, 1.165) is 25.9 Å². The van der Waals surface area contributed by atoms with E-state index in [9.17, 15) is 9.59 Å². The maximum atomic E-state index is 11.7. The molecule has 0 aromatic rings. The van der Waals surface area contributed by atoms with Gasteiger partial charge in [-0.3, -0.25) is 0 Å². The van der Waals surface area contributed by atoms with Crippen molar-refractivity contribution < 1.29 is 24.2 Å². The van der Waals surface area contributed by atoms with Crippen LogP contribution >= 0.6 is 0 Å². The summed E-state index contributed by atoms with van der Waals surface area (Å²) in [5.74, 6) is -0.934. The lowest BCUT2D eigenvalue weighted by Crippen LogP contribution is -2.42. The summed E-state index contributed by atoms with van der Waals surface area (Å²) in [5, 5.41) is 14.4. The van der Waals surface area contributed by atoms with E-state index in [4.69, 9.17) is 14.6 Å². The van der Waals surface area contributed by atoms with Crippen molar-refractivity contribution in [2.45, 2.75) is 44.3 Å². The summed E-state index contributed by atoms with van der Waals surface area (Å²) in [6.45, 7) is 1.72. The number of amides is 2. The molecule has 3 N–H and O–H groups in total. The van der Waals surface area contributed by atoms with Crippen LogP contribution in [0.1, 0.15) is 32.1 Å². The number of carboxylic acids is 1. The molecule has 0 aromatic carbocycles. The molecule has 2 atom stereocenters. The second-order valence-electron chi connectivity index (χ2n) is 5.97. The number of carboxylic acid groups (broad SMARTS) is 1. The molecule has 1 saturated heterocycles. The van der Waals surface area contributed by atoms with Crippen molar-refractivity contribution in [3.63, 3.8) is 0 Å². The highest BCUT2D eigenvalue weighted by Crippen LogP contribution is 2.48. The summed E-state index contributed by atoms with van der Waals surface area (Å²) in [4.78, 5) is 22.5. The Hall–Kier alpha value is -1.34. The zero-order valence-electron chi connectivity index (χ0n) is 12.4. The molecule has 1 saturated carbocycles. The molecule has 2 unspecified atom stereocenters. The molecule has 1 heterocycles. The quantitative estimate of drug-likeness (QED) is 0.614. The predicted octanol–water partition coefficient (Wildman–Crippen LogP) is 0.735. The van der Waals surface area contributed by atoms with Gasteiger partial charge >= 0.3 is 12.0 Å². The Bertz CT molecular complexity index is 384. The molecule has 2 amide bonds. The molecule has 0 aromatic heterocycles. The number of hydrogen-bond acceptors (Lipinski definition) is 4. The monoisotopic (exact) mass is 300 g/mol. The van der Waals surface area contributed by atoms with Crippen molar-refractivity contribution in [2.75, 3.05) is 26.8 Å². The summed E-state index contributed by atoms with van der Waals surface area (Å²) < 4.78 is 10.4. The van der Waals surface area contributed by atoms with Crippen LogP contribution in [-0.4, -0.2) is 56.1 Å². The van der Waals surface area contributed by atoms with Gasteiger partial charge in [0.1, 0.15) is 0 Å². The van der Waals surface area contributed by atoms with Gasteiger partial charge in [0.2, 0.25) is 0 Å². The second kappa shape index (κ2) is 7.09. The lowest BCUT2D eigenvalue weighted by molar-refractivity contribution is -0.149. The average molecular weight is 300 g/mol. The van der Waals surface area contributed by atoms with Crippen molar-refractivity contribution in [1.82, 2.24) is 10.6 Å². The Balaban J connectivity index is 1.59. The number of aliphatic carboxylic acids is 1. The number of rotatable bonds is 8. The standard InChI is InChI=1S/C14H24N2O5/c1-20-7-6-14(4-5-14)9-16-13(19)15-8-10-2-3-11(21-10)12(17)18/h10-11H,2-9H2,1H3,(H,17,18)(H2,15,16,19). The normalized spacial score (nSPS) is 26.3. The van der Waals surface area contributed by atoms with E-state index in [2.05, 4.69) is 10.6 Å². The molecule has 2 fully saturated rings. The van der Waals surface area contributed by atoms with E-state index in [1.54, 1.807) is 7.11 Å². The molecule has 1 aliphatic carbocycles. The molecule has 7 nitrogen and oxygen atoms in total. The first-order chi connectivity index (χ1) is 10.0. The van der Waals surface area contributed by atoms with E-state index < -0.39 is 12.1 Å². The number of carbonyl (C=O) groups excluding carboxylic acids is 1. The first kappa shape index (κ1) is 16.0. The molecule has 0 bridgehead atoms. The minimum Gasteiger partial charge on any atom is -0.479 e. The molecular formula is C14H24N2O5. The fraction of sp³-hybridized carbons (Fsp3) is 0.857. The van der Waals surface area contributed by atoms with Crippen LogP contribution in [-0.2, 0) is 14.3 Å². The molecular weight excluding hydrogens is 276 g/mol. The average Bonchev–Trinajstić information content (AvgIpc) is 3.07. The van der Waals surface area contributed by atoms with E-state index in [1.807, 2.05) is 0 Å². The van der Waals surface area contributed by atoms with Crippen LogP contribution in [0.3, 0.4) is 0 Å². The smallest absolute Gasteiger partial charge is 0.332 e. The molecule has 1 aliphatic heterocycles. The molecule has 120 valence electrons. The number of carbonyl (C=O) groups is 2. The van der Waals surface area contributed by atoms with Gasteiger partial charge in [0.15, 0.2) is 6.10 Å². The molecule has 0 spiro atoms. The van der Waals surface area contributed by atoms with E-state index >= 15 is 0 Å². The van der Waals surface area contributed by atoms with E-state index in [0.29, 0.717) is 25.9 Å². The van der Waals surface area contributed by atoms with Crippen LogP contribution < -0.4 is 10.6 Å². The molecule has 2 rings (SSSR count). The van der Waals surface area contributed by atoms with Gasteiger partial charge in [-0.2, -0.15) is 0 Å². The summed E-state index contributed by atoms with van der Waals surface area (Å²) in [5.41, 5.74) is 0.214. The topological polar surface area (TPSA) is 96.9 Å². The molecule has 7 heteroatoms. The Kier molecular flexibility index (Phi) is 5.41. The zero-order chi connectivity index (χ0) is 15.3. The highest BCUT2D eigenvalue weighted by atomic mass is 16.5. The van der Waals surface area contributed by atoms with Crippen LogP contribution in [0.25, 0.3) is 0 Å². The summed E-state index contributed by atoms with van der Waals surface area (Å²) >= 11 is 0. The van der Waals surface area contributed by atoms with Crippen LogP contribution in [0.15, 0.2) is 0 Å². The lowest BCUT2D eigenvalue weighted by Gasteiger charge is -2.17. The van der Waals surface area contributed by atoms with Gasteiger partial charge in [-0.05, 0) is 37.5 Å². The predicted molar refractivity (Wildman–Crippen MR) is 75.1 cm³/mol. The van der Waals surface area contributed by atoms with E-state index in [-0.39, 0.29) is 17.6 Å².